The smallest absolute Gasteiger partial charge is 0.105 e. The molecule has 2 aromatic rings. The number of rotatable bonds is 3. The minimum Gasteiger partial charge on any atom is -0.349 e. The van der Waals surface area contributed by atoms with Crippen LogP contribution in [0.2, 0.25) is 0 Å². The Kier molecular flexibility index (Phi) is 5.32. The molecule has 0 aliphatic rings. The molecule has 0 fully saturated rings. The van der Waals surface area contributed by atoms with E-state index >= 15 is 0 Å². The summed E-state index contributed by atoms with van der Waals surface area (Å²) in [5.41, 5.74) is 0. The highest BCUT2D eigenvalue weighted by Gasteiger charge is 1.93. The summed E-state index contributed by atoms with van der Waals surface area (Å²) >= 11 is 0. The quantitative estimate of drug-likeness (QED) is 0.864. The Labute approximate surface area is 96.8 Å². The largest absolute Gasteiger partial charge is 0.349 e. The number of nitrogens with zero attached hydrogens (tertiary/aromatic N) is 3. The van der Waals surface area contributed by atoms with E-state index in [1.54, 1.807) is 12.4 Å². The lowest BCUT2D eigenvalue weighted by molar-refractivity contribution is 0.616. The van der Waals surface area contributed by atoms with E-state index in [2.05, 4.69) is 26.4 Å². The molecule has 2 heterocycles. The SMILES string of the molecule is CCCCn1ccnc1C.Cc1ncc[nH]1. The fraction of sp³-hybridized carbons (Fsp3) is 0.500. The molecule has 0 saturated heterocycles. The summed E-state index contributed by atoms with van der Waals surface area (Å²) < 4.78 is 2.18. The number of aryl methyl sites for hydroxylation is 3. The highest BCUT2D eigenvalue weighted by Crippen LogP contribution is 1.98. The number of H-pyrrole nitrogens is 1. The number of aromatic nitrogens is 4. The zero-order valence-corrected chi connectivity index (χ0v) is 10.3. The van der Waals surface area contributed by atoms with Crippen molar-refractivity contribution in [2.75, 3.05) is 0 Å². The highest BCUT2D eigenvalue weighted by atomic mass is 15.0. The maximum absolute atomic E-state index is 4.13. The van der Waals surface area contributed by atoms with Gasteiger partial charge in [-0.2, -0.15) is 0 Å². The van der Waals surface area contributed by atoms with Gasteiger partial charge < -0.3 is 9.55 Å². The van der Waals surface area contributed by atoms with E-state index in [0.717, 1.165) is 18.2 Å². The van der Waals surface area contributed by atoms with Crippen LogP contribution in [-0.4, -0.2) is 19.5 Å². The van der Waals surface area contributed by atoms with Gasteiger partial charge in [0.05, 0.1) is 0 Å². The van der Waals surface area contributed by atoms with Crippen molar-refractivity contribution in [2.24, 2.45) is 0 Å². The van der Waals surface area contributed by atoms with Crippen LogP contribution in [-0.2, 0) is 6.54 Å². The predicted octanol–water partition coefficient (Wildman–Crippen LogP) is 2.71. The van der Waals surface area contributed by atoms with E-state index in [0.29, 0.717) is 0 Å². The fourth-order valence-electron chi connectivity index (χ4n) is 1.31. The van der Waals surface area contributed by atoms with Crippen LogP contribution >= 0.6 is 0 Å². The zero-order chi connectivity index (χ0) is 11.8. The third-order valence-electron chi connectivity index (χ3n) is 2.31. The third-order valence-corrected chi connectivity index (χ3v) is 2.31. The maximum Gasteiger partial charge on any atom is 0.105 e. The first-order valence-corrected chi connectivity index (χ1v) is 5.67. The molecular formula is C12H20N4. The molecule has 0 aromatic carbocycles. The van der Waals surface area contributed by atoms with E-state index in [1.807, 2.05) is 26.2 Å². The molecular weight excluding hydrogens is 200 g/mol. The highest BCUT2D eigenvalue weighted by molar-refractivity contribution is 4.87. The summed E-state index contributed by atoms with van der Waals surface area (Å²) in [7, 11) is 0. The molecule has 0 spiro atoms. The maximum atomic E-state index is 4.13. The Morgan fingerprint density at radius 2 is 2.06 bits per heavy atom. The van der Waals surface area contributed by atoms with Gasteiger partial charge in [-0.3, -0.25) is 0 Å². The molecule has 2 rings (SSSR count). The van der Waals surface area contributed by atoms with Crippen LogP contribution in [0.4, 0.5) is 0 Å². The lowest BCUT2D eigenvalue weighted by atomic mass is 10.3. The van der Waals surface area contributed by atoms with Crippen molar-refractivity contribution in [1.82, 2.24) is 19.5 Å². The average Bonchev–Trinajstić information content (AvgIpc) is 2.88. The van der Waals surface area contributed by atoms with Crippen LogP contribution in [0, 0.1) is 13.8 Å². The van der Waals surface area contributed by atoms with Crippen LogP contribution in [0.25, 0.3) is 0 Å². The van der Waals surface area contributed by atoms with Gasteiger partial charge >= 0.3 is 0 Å². The molecule has 0 amide bonds. The van der Waals surface area contributed by atoms with Crippen molar-refractivity contribution in [3.8, 4) is 0 Å². The van der Waals surface area contributed by atoms with E-state index in [1.165, 1.54) is 12.8 Å². The van der Waals surface area contributed by atoms with E-state index in [9.17, 15) is 0 Å². The molecule has 0 bridgehead atoms. The molecule has 0 radical (unpaired) electrons. The Bertz CT molecular complexity index is 375. The molecule has 0 saturated carbocycles. The first kappa shape index (κ1) is 12.5. The standard InChI is InChI=1S/C8H14N2.C4H6N2/c1-3-4-6-10-7-5-9-8(10)2;1-4-5-2-3-6-4/h5,7H,3-4,6H2,1-2H3;2-3H,1H3,(H,5,6). The van der Waals surface area contributed by atoms with Gasteiger partial charge in [0.1, 0.15) is 11.6 Å². The molecule has 4 heteroatoms. The molecule has 16 heavy (non-hydrogen) atoms. The summed E-state index contributed by atoms with van der Waals surface area (Å²) in [5, 5.41) is 0. The monoisotopic (exact) mass is 220 g/mol. The Morgan fingerprint density at radius 3 is 2.44 bits per heavy atom. The topological polar surface area (TPSA) is 46.5 Å². The van der Waals surface area contributed by atoms with Crippen LogP contribution in [0.1, 0.15) is 31.4 Å². The van der Waals surface area contributed by atoms with Crippen LogP contribution in [0.5, 0.6) is 0 Å². The zero-order valence-electron chi connectivity index (χ0n) is 10.3. The van der Waals surface area contributed by atoms with Crippen molar-refractivity contribution >= 4 is 0 Å². The van der Waals surface area contributed by atoms with E-state index < -0.39 is 0 Å². The van der Waals surface area contributed by atoms with E-state index in [-0.39, 0.29) is 0 Å². The molecule has 0 unspecified atom stereocenters. The summed E-state index contributed by atoms with van der Waals surface area (Å²) in [6.45, 7) is 7.27. The van der Waals surface area contributed by atoms with Gasteiger partial charge in [-0.05, 0) is 20.3 Å². The second-order valence-electron chi connectivity index (χ2n) is 3.70. The number of aromatic amines is 1. The molecule has 1 N–H and O–H groups in total. The number of hydrogen-bond donors (Lipinski definition) is 1. The normalized spacial score (nSPS) is 9.69. The third kappa shape index (κ3) is 4.29. The summed E-state index contributed by atoms with van der Waals surface area (Å²) in [6, 6.07) is 0. The number of nitrogens with one attached hydrogen (secondary N) is 1. The number of unbranched alkanes of at least 4 members (excludes halogenated alkanes) is 1. The minimum absolute atomic E-state index is 0.968. The molecule has 4 nitrogen and oxygen atoms in total. The second kappa shape index (κ2) is 6.82. The van der Waals surface area contributed by atoms with Crippen LogP contribution < -0.4 is 0 Å². The Balaban J connectivity index is 0.000000181. The fourth-order valence-corrected chi connectivity index (χ4v) is 1.31. The van der Waals surface area contributed by atoms with Gasteiger partial charge in [-0.25, -0.2) is 9.97 Å². The van der Waals surface area contributed by atoms with Gasteiger partial charge in [0.25, 0.3) is 0 Å². The summed E-state index contributed by atoms with van der Waals surface area (Å²) in [5.74, 6) is 2.09. The van der Waals surface area contributed by atoms with Gasteiger partial charge in [0, 0.05) is 31.3 Å². The second-order valence-corrected chi connectivity index (χ2v) is 3.70. The average molecular weight is 220 g/mol. The van der Waals surface area contributed by atoms with Crippen molar-refractivity contribution < 1.29 is 0 Å². The van der Waals surface area contributed by atoms with Crippen molar-refractivity contribution in [1.29, 1.82) is 0 Å². The molecule has 0 aliphatic heterocycles. The lowest BCUT2D eigenvalue weighted by Crippen LogP contribution is -1.97. The Morgan fingerprint density at radius 1 is 1.25 bits per heavy atom. The minimum atomic E-state index is 0.968. The van der Waals surface area contributed by atoms with Crippen molar-refractivity contribution in [3.63, 3.8) is 0 Å². The molecule has 2 aromatic heterocycles. The molecule has 0 atom stereocenters. The van der Waals surface area contributed by atoms with Gasteiger partial charge in [-0.15, -0.1) is 0 Å². The summed E-state index contributed by atoms with van der Waals surface area (Å²) in [6.07, 6.45) is 9.91. The molecule has 88 valence electrons. The lowest BCUT2D eigenvalue weighted by Gasteiger charge is -2.01. The number of hydrogen-bond acceptors (Lipinski definition) is 2. The summed E-state index contributed by atoms with van der Waals surface area (Å²) in [4.78, 5) is 10.9. The van der Waals surface area contributed by atoms with Crippen LogP contribution in [0.3, 0.4) is 0 Å². The van der Waals surface area contributed by atoms with Crippen LogP contribution in [0.15, 0.2) is 24.8 Å². The first-order valence-electron chi connectivity index (χ1n) is 5.67. The number of imidazole rings is 2. The van der Waals surface area contributed by atoms with Crippen molar-refractivity contribution in [2.45, 2.75) is 40.2 Å². The predicted molar refractivity (Wildman–Crippen MR) is 65.2 cm³/mol. The van der Waals surface area contributed by atoms with Gasteiger partial charge in [-0.1, -0.05) is 13.3 Å². The molecule has 0 aliphatic carbocycles. The Hall–Kier alpha value is -1.58. The van der Waals surface area contributed by atoms with Crippen molar-refractivity contribution in [3.05, 3.63) is 36.4 Å². The van der Waals surface area contributed by atoms with E-state index in [4.69, 9.17) is 0 Å². The van der Waals surface area contributed by atoms with Gasteiger partial charge in [0.2, 0.25) is 0 Å². The van der Waals surface area contributed by atoms with Gasteiger partial charge in [0.15, 0.2) is 0 Å². The first-order chi connectivity index (χ1) is 7.74.